The Balaban J connectivity index is -0.000000436. The summed E-state index contributed by atoms with van der Waals surface area (Å²) in [6.45, 7) is -0.106. The summed E-state index contributed by atoms with van der Waals surface area (Å²) in [5.74, 6) is -0.297. The van der Waals surface area contributed by atoms with E-state index in [0.29, 0.717) is 5.78 Å². The van der Waals surface area contributed by atoms with Crippen molar-refractivity contribution in [3.8, 4) is 0 Å². The molecular formula is C19H37BrClN3O7. The van der Waals surface area contributed by atoms with E-state index in [9.17, 15) is 24.5 Å². The van der Waals surface area contributed by atoms with Gasteiger partial charge in [0.2, 0.25) is 6.54 Å². The molecule has 2 rings (SSSR count). The molecule has 0 amide bonds. The summed E-state index contributed by atoms with van der Waals surface area (Å²) in [6, 6.07) is 0. The molecule has 0 saturated heterocycles. The Morgan fingerprint density at radius 2 is 1.52 bits per heavy atom. The van der Waals surface area contributed by atoms with Crippen molar-refractivity contribution in [1.29, 1.82) is 0 Å². The fourth-order valence-corrected chi connectivity index (χ4v) is 3.23. The predicted molar refractivity (Wildman–Crippen MR) is 124 cm³/mol. The molecule has 10 nitrogen and oxygen atoms in total. The Hall–Kier alpha value is -1.30. The maximum atomic E-state index is 11.0. The Kier molecular flexibility index (Phi) is 22.8. The van der Waals surface area contributed by atoms with Crippen LogP contribution in [-0.4, -0.2) is 62.0 Å². The van der Waals surface area contributed by atoms with Crippen molar-refractivity contribution in [2.45, 2.75) is 69.7 Å². The first kappa shape index (κ1) is 34.3. The summed E-state index contributed by atoms with van der Waals surface area (Å²) in [5, 5.41) is 13.6. The van der Waals surface area contributed by atoms with Crippen LogP contribution in [0.2, 0.25) is 0 Å². The summed E-state index contributed by atoms with van der Waals surface area (Å²) in [7, 11) is 2.61. The van der Waals surface area contributed by atoms with Crippen LogP contribution in [0.4, 0.5) is 0 Å². The second kappa shape index (κ2) is 20.6. The first-order valence-corrected chi connectivity index (χ1v) is 10.0. The number of methoxy groups -OCH3 is 2. The summed E-state index contributed by atoms with van der Waals surface area (Å²) in [4.78, 5) is 41.7. The molecule has 0 atom stereocenters. The molecule has 3 N–H and O–H groups in total. The molecule has 0 heterocycles. The van der Waals surface area contributed by atoms with Crippen molar-refractivity contribution in [2.24, 2.45) is 5.73 Å². The van der Waals surface area contributed by atoms with Crippen LogP contribution < -0.4 is 11.1 Å². The van der Waals surface area contributed by atoms with E-state index < -0.39 is 5.54 Å². The summed E-state index contributed by atoms with van der Waals surface area (Å²) in [6.07, 6.45) is 9.81. The third kappa shape index (κ3) is 18.0. The van der Waals surface area contributed by atoms with Gasteiger partial charge in [0, 0.05) is 17.8 Å². The fraction of sp³-hybridized carbons (Fsp3) is 0.842. The van der Waals surface area contributed by atoms with Crippen LogP contribution in [-0.2, 0) is 23.9 Å². The van der Waals surface area contributed by atoms with Gasteiger partial charge in [0.1, 0.15) is 5.78 Å². The van der Waals surface area contributed by atoms with Gasteiger partial charge in [0.25, 0.3) is 0 Å². The first-order chi connectivity index (χ1) is 13.8. The van der Waals surface area contributed by atoms with E-state index >= 15 is 0 Å². The Morgan fingerprint density at radius 1 is 1.03 bits per heavy atom. The minimum atomic E-state index is -0.518. The molecule has 2 aliphatic rings. The Labute approximate surface area is 200 Å². The number of rotatable bonds is 6. The van der Waals surface area contributed by atoms with Crippen LogP contribution in [0.3, 0.4) is 0 Å². The molecule has 0 aliphatic heterocycles. The number of nitrogens with two attached hydrogens (primary N) is 1. The van der Waals surface area contributed by atoms with Crippen molar-refractivity contribution in [2.75, 3.05) is 33.9 Å². The number of halogens is 2. The van der Waals surface area contributed by atoms with E-state index in [2.05, 4.69) is 14.8 Å². The molecule has 2 saturated carbocycles. The number of ketones is 1. The van der Waals surface area contributed by atoms with Gasteiger partial charge < -0.3 is 15.2 Å². The molecule has 0 aromatic heterocycles. The van der Waals surface area contributed by atoms with Gasteiger partial charge >= 0.3 is 11.9 Å². The monoisotopic (exact) mass is 533 g/mol. The number of carbonyl (C=O) groups excluding carboxylic acids is 3. The third-order valence-corrected chi connectivity index (χ3v) is 4.88. The molecule has 12 heteroatoms. The normalized spacial score (nSPS) is 16.4. The molecule has 0 unspecified atom stereocenters. The van der Waals surface area contributed by atoms with Gasteiger partial charge in [-0.05, 0) is 25.7 Å². The molecule has 31 heavy (non-hydrogen) atoms. The molecule has 0 bridgehead atoms. The number of esters is 2. The van der Waals surface area contributed by atoms with Gasteiger partial charge in [0.15, 0.2) is 0 Å². The lowest BCUT2D eigenvalue weighted by Gasteiger charge is -2.34. The second-order valence-electron chi connectivity index (χ2n) is 7.14. The lowest BCUT2D eigenvalue weighted by molar-refractivity contribution is -0.492. The lowest BCUT2D eigenvalue weighted by atomic mass is 9.81. The van der Waals surface area contributed by atoms with Crippen molar-refractivity contribution in [3.63, 3.8) is 0 Å². The highest BCUT2D eigenvalue weighted by Gasteiger charge is 2.37. The number of carbonyl (C=O) groups is 3. The van der Waals surface area contributed by atoms with Crippen molar-refractivity contribution in [1.82, 2.24) is 5.32 Å². The summed E-state index contributed by atoms with van der Waals surface area (Å²) < 4.78 is 8.66. The number of ether oxygens (including phenoxy) is 2. The van der Waals surface area contributed by atoms with E-state index in [4.69, 9.17) is 5.73 Å². The van der Waals surface area contributed by atoms with Gasteiger partial charge in [-0.25, -0.2) is 0 Å². The third-order valence-electron chi connectivity index (χ3n) is 4.88. The van der Waals surface area contributed by atoms with Crippen LogP contribution in [0.5, 0.6) is 0 Å². The molecule has 184 valence electrons. The topological polar surface area (TPSA) is 151 Å². The summed E-state index contributed by atoms with van der Waals surface area (Å²) in [5.41, 5.74) is 4.29. The highest BCUT2D eigenvalue weighted by molar-refractivity contribution is 8.93. The Bertz CT molecular complexity index is 519. The van der Waals surface area contributed by atoms with Crippen LogP contribution >= 0.6 is 29.4 Å². The van der Waals surface area contributed by atoms with Crippen LogP contribution in [0, 0.1) is 10.1 Å². The average molecular weight is 535 g/mol. The number of nitro groups is 1. The van der Waals surface area contributed by atoms with E-state index in [0.717, 1.165) is 57.8 Å². The zero-order valence-corrected chi connectivity index (χ0v) is 20.9. The van der Waals surface area contributed by atoms with E-state index in [-0.39, 0.29) is 65.9 Å². The SMILES string of the molecule is Br.COC(=O)CN.COC(=O)CNC1(C[N+](=O)[O-])CCCCC1.Cl.O=C1CCCCC1. The van der Waals surface area contributed by atoms with Crippen molar-refractivity contribution in [3.05, 3.63) is 10.1 Å². The lowest BCUT2D eigenvalue weighted by Crippen LogP contribution is -2.53. The van der Waals surface area contributed by atoms with Gasteiger partial charge in [-0.3, -0.25) is 29.8 Å². The maximum absolute atomic E-state index is 11.0. The van der Waals surface area contributed by atoms with E-state index in [1.54, 1.807) is 0 Å². The van der Waals surface area contributed by atoms with Crippen molar-refractivity contribution < 1.29 is 28.8 Å². The molecular weight excluding hydrogens is 498 g/mol. The fourth-order valence-electron chi connectivity index (χ4n) is 3.23. The van der Waals surface area contributed by atoms with Crippen LogP contribution in [0.15, 0.2) is 0 Å². The molecule has 0 radical (unpaired) electrons. The number of nitrogens with zero attached hydrogens (tertiary/aromatic N) is 1. The number of Topliss-reactive ketones (excluding diaryl/α,β-unsaturated/α-hetero) is 1. The largest absolute Gasteiger partial charge is 0.468 e. The second-order valence-corrected chi connectivity index (χ2v) is 7.14. The minimum Gasteiger partial charge on any atom is -0.468 e. The van der Waals surface area contributed by atoms with Crippen LogP contribution in [0.25, 0.3) is 0 Å². The molecule has 2 aliphatic carbocycles. The Morgan fingerprint density at radius 3 is 1.84 bits per heavy atom. The van der Waals surface area contributed by atoms with Gasteiger partial charge in [-0.1, -0.05) is 25.7 Å². The number of nitrogens with one attached hydrogen (secondary N) is 1. The zero-order chi connectivity index (χ0) is 22.1. The minimum absolute atomic E-state index is 0. The maximum Gasteiger partial charge on any atom is 0.319 e. The van der Waals surface area contributed by atoms with Crippen LogP contribution in [0.1, 0.15) is 64.2 Å². The van der Waals surface area contributed by atoms with E-state index in [1.807, 2.05) is 0 Å². The van der Waals surface area contributed by atoms with Gasteiger partial charge in [-0.15, -0.1) is 29.4 Å². The summed E-state index contributed by atoms with van der Waals surface area (Å²) >= 11 is 0. The highest BCUT2D eigenvalue weighted by atomic mass is 79.9. The number of hydrogen-bond donors (Lipinski definition) is 2. The van der Waals surface area contributed by atoms with Gasteiger partial charge in [-0.2, -0.15) is 0 Å². The van der Waals surface area contributed by atoms with Crippen molar-refractivity contribution >= 4 is 47.1 Å². The molecule has 2 fully saturated rings. The average Bonchev–Trinajstić information content (AvgIpc) is 2.73. The molecule has 0 spiro atoms. The zero-order valence-electron chi connectivity index (χ0n) is 18.4. The molecule has 0 aromatic rings. The quantitative estimate of drug-likeness (QED) is 0.297. The molecule has 0 aromatic carbocycles. The van der Waals surface area contributed by atoms with Gasteiger partial charge in [0.05, 0.1) is 32.8 Å². The standard InChI is InChI=1S/C10H18N2O4.C6H10O.C3H7NO2.BrH.ClH/c1-16-9(13)7-11-10(8-12(14)15)5-3-2-4-6-10;7-6-4-2-1-3-5-6;1-6-3(5)2-4;;/h11H,2-8H2,1H3;1-5H2;2,4H2,1H3;2*1H. The smallest absolute Gasteiger partial charge is 0.319 e. The predicted octanol–water partition coefficient (Wildman–Crippen LogP) is 2.37. The van der Waals surface area contributed by atoms with E-state index in [1.165, 1.54) is 20.6 Å². The first-order valence-electron chi connectivity index (χ1n) is 10.0. The highest BCUT2D eigenvalue weighted by Crippen LogP contribution is 2.28. The number of hydrogen-bond acceptors (Lipinski definition) is 9.